The molecular weight excluding hydrogens is 444 g/mol. The topological polar surface area (TPSA) is 105 Å². The first-order valence-electron chi connectivity index (χ1n) is 11.5. The Kier molecular flexibility index (Phi) is 6.87. The Balaban J connectivity index is 1.28. The van der Waals surface area contributed by atoms with Gasteiger partial charge in [-0.1, -0.05) is 48.5 Å². The van der Waals surface area contributed by atoms with E-state index < -0.39 is 17.6 Å². The van der Waals surface area contributed by atoms with E-state index in [0.717, 1.165) is 11.1 Å². The Bertz CT molecular complexity index is 1200. The molecule has 0 unspecified atom stereocenters. The van der Waals surface area contributed by atoms with E-state index in [0.29, 0.717) is 12.1 Å². The van der Waals surface area contributed by atoms with Gasteiger partial charge in [-0.3, -0.25) is 4.79 Å². The highest BCUT2D eigenvalue weighted by atomic mass is 16.5. The molecule has 0 saturated carbocycles. The van der Waals surface area contributed by atoms with Gasteiger partial charge >= 0.3 is 12.1 Å². The fourth-order valence-corrected chi connectivity index (χ4v) is 4.32. The molecule has 0 heterocycles. The Morgan fingerprint density at radius 2 is 1.46 bits per heavy atom. The largest absolute Gasteiger partial charge is 0.478 e. The minimum atomic E-state index is -1.02. The van der Waals surface area contributed by atoms with Crippen LogP contribution >= 0.6 is 0 Å². The monoisotopic (exact) mass is 472 g/mol. The van der Waals surface area contributed by atoms with Crippen molar-refractivity contribution < 1.29 is 24.2 Å². The summed E-state index contributed by atoms with van der Waals surface area (Å²) in [7, 11) is 0. The smallest absolute Gasteiger partial charge is 0.407 e. The van der Waals surface area contributed by atoms with Crippen molar-refractivity contribution in [1.82, 2.24) is 5.32 Å². The molecule has 0 fully saturated rings. The van der Waals surface area contributed by atoms with Crippen LogP contribution in [0.4, 0.5) is 10.5 Å². The molecule has 2 amide bonds. The number of rotatable bonds is 8. The predicted molar refractivity (Wildman–Crippen MR) is 134 cm³/mol. The quantitative estimate of drug-likeness (QED) is 0.406. The molecule has 35 heavy (non-hydrogen) atoms. The summed E-state index contributed by atoms with van der Waals surface area (Å²) in [4.78, 5) is 35.8. The molecule has 0 atom stereocenters. The summed E-state index contributed by atoms with van der Waals surface area (Å²) in [6, 6.07) is 22.3. The number of carboxylic acids is 1. The lowest BCUT2D eigenvalue weighted by Crippen LogP contribution is -2.44. The van der Waals surface area contributed by atoms with Crippen molar-refractivity contribution in [3.05, 3.63) is 89.5 Å². The zero-order valence-electron chi connectivity index (χ0n) is 19.7. The van der Waals surface area contributed by atoms with Crippen LogP contribution in [0.15, 0.2) is 72.8 Å². The maximum Gasteiger partial charge on any atom is 0.407 e. The molecule has 0 radical (unpaired) electrons. The Labute approximate surface area is 204 Å². The number of hydrogen-bond donors (Lipinski definition) is 3. The molecule has 0 aromatic heterocycles. The number of carboxylic acid groups (broad SMARTS) is 1. The third-order valence-corrected chi connectivity index (χ3v) is 6.18. The van der Waals surface area contributed by atoms with Crippen molar-refractivity contribution in [3.8, 4) is 11.1 Å². The van der Waals surface area contributed by atoms with Crippen molar-refractivity contribution in [2.75, 3.05) is 11.9 Å². The maximum atomic E-state index is 12.6. The molecule has 1 aliphatic carbocycles. The normalized spacial score (nSPS) is 12.4. The molecule has 0 aliphatic heterocycles. The van der Waals surface area contributed by atoms with Gasteiger partial charge in [-0.15, -0.1) is 0 Å². The lowest BCUT2D eigenvalue weighted by atomic mass is 9.98. The van der Waals surface area contributed by atoms with Crippen molar-refractivity contribution in [1.29, 1.82) is 0 Å². The molecule has 3 aromatic rings. The zero-order valence-corrected chi connectivity index (χ0v) is 19.7. The molecule has 180 valence electrons. The first-order valence-corrected chi connectivity index (χ1v) is 11.5. The lowest BCUT2D eigenvalue weighted by molar-refractivity contribution is -0.116. The first-order chi connectivity index (χ1) is 16.7. The predicted octanol–water partition coefficient (Wildman–Crippen LogP) is 5.42. The number of carbonyl (C=O) groups is 3. The van der Waals surface area contributed by atoms with Crippen LogP contribution in [-0.4, -0.2) is 35.2 Å². The van der Waals surface area contributed by atoms with Crippen LogP contribution in [0.2, 0.25) is 0 Å². The number of anilines is 1. The Morgan fingerprint density at radius 1 is 0.886 bits per heavy atom. The van der Waals surface area contributed by atoms with Gasteiger partial charge in [-0.25, -0.2) is 9.59 Å². The number of nitrogens with one attached hydrogen (secondary N) is 2. The first kappa shape index (κ1) is 24.0. The van der Waals surface area contributed by atoms with E-state index in [4.69, 9.17) is 9.84 Å². The molecule has 7 nitrogen and oxygen atoms in total. The van der Waals surface area contributed by atoms with Crippen LogP contribution in [0.5, 0.6) is 0 Å². The minimum absolute atomic E-state index is 0.0189. The van der Waals surface area contributed by atoms with Gasteiger partial charge in [0.15, 0.2) is 0 Å². The average molecular weight is 473 g/mol. The summed E-state index contributed by atoms with van der Waals surface area (Å²) in [6.07, 6.45) is 0.0506. The van der Waals surface area contributed by atoms with Crippen LogP contribution < -0.4 is 10.6 Å². The molecular formula is C28H28N2O5. The molecule has 3 N–H and O–H groups in total. The third-order valence-electron chi connectivity index (χ3n) is 6.18. The van der Waals surface area contributed by atoms with Gasteiger partial charge in [0.1, 0.15) is 6.61 Å². The van der Waals surface area contributed by atoms with Crippen molar-refractivity contribution in [2.45, 2.75) is 38.1 Å². The molecule has 0 saturated heterocycles. The average Bonchev–Trinajstić information content (AvgIpc) is 3.15. The summed E-state index contributed by atoms with van der Waals surface area (Å²) >= 11 is 0. The van der Waals surface area contributed by atoms with Gasteiger partial charge < -0.3 is 20.5 Å². The van der Waals surface area contributed by atoms with Gasteiger partial charge in [-0.05, 0) is 66.8 Å². The maximum absolute atomic E-state index is 12.6. The zero-order chi connectivity index (χ0) is 25.0. The van der Waals surface area contributed by atoms with E-state index >= 15 is 0 Å². The summed E-state index contributed by atoms with van der Waals surface area (Å²) in [5, 5.41) is 14.6. The van der Waals surface area contributed by atoms with Crippen molar-refractivity contribution in [3.63, 3.8) is 0 Å². The number of aromatic carboxylic acids is 1. The third kappa shape index (κ3) is 5.69. The van der Waals surface area contributed by atoms with E-state index in [1.54, 1.807) is 12.1 Å². The number of benzene rings is 3. The highest BCUT2D eigenvalue weighted by Crippen LogP contribution is 2.44. The Hall–Kier alpha value is -4.13. The van der Waals surface area contributed by atoms with Gasteiger partial charge in [0, 0.05) is 23.6 Å². The fourth-order valence-electron chi connectivity index (χ4n) is 4.32. The SMILES string of the molecule is CC(C)(CCC(=O)Nc1ccc(C(=O)O)cc1)NC(=O)OCC1c2ccccc2-c2ccccc21. The second kappa shape index (κ2) is 10.0. The molecule has 3 aromatic carbocycles. The van der Waals surface area contributed by atoms with Gasteiger partial charge in [0.25, 0.3) is 0 Å². The Morgan fingerprint density at radius 3 is 2.03 bits per heavy atom. The van der Waals surface area contributed by atoms with Crippen LogP contribution in [0.25, 0.3) is 11.1 Å². The molecule has 7 heteroatoms. The van der Waals surface area contributed by atoms with Crippen molar-refractivity contribution in [2.24, 2.45) is 0 Å². The molecule has 0 spiro atoms. The second-order valence-electron chi connectivity index (χ2n) is 9.27. The lowest BCUT2D eigenvalue weighted by Gasteiger charge is -2.26. The van der Waals surface area contributed by atoms with Crippen LogP contribution in [0, 0.1) is 0 Å². The second-order valence-corrected chi connectivity index (χ2v) is 9.27. The van der Waals surface area contributed by atoms with Crippen molar-refractivity contribution >= 4 is 23.7 Å². The number of hydrogen-bond acceptors (Lipinski definition) is 4. The number of fused-ring (bicyclic) bond motifs is 3. The summed E-state index contributed by atoms with van der Waals surface area (Å²) in [5.74, 6) is -1.27. The highest BCUT2D eigenvalue weighted by molar-refractivity contribution is 5.92. The summed E-state index contributed by atoms with van der Waals surface area (Å²) in [6.45, 7) is 3.90. The number of carbonyl (C=O) groups excluding carboxylic acids is 2. The van der Waals surface area contributed by atoms with Gasteiger partial charge in [-0.2, -0.15) is 0 Å². The van der Waals surface area contributed by atoms with Crippen LogP contribution in [-0.2, 0) is 9.53 Å². The van der Waals surface area contributed by atoms with E-state index in [1.807, 2.05) is 38.1 Å². The van der Waals surface area contributed by atoms with Gasteiger partial charge in [0.05, 0.1) is 5.56 Å². The minimum Gasteiger partial charge on any atom is -0.478 e. The number of alkyl carbamates (subject to hydrolysis) is 1. The van der Waals surface area contributed by atoms with E-state index in [1.165, 1.54) is 23.3 Å². The molecule has 4 rings (SSSR count). The summed E-state index contributed by atoms with van der Waals surface area (Å²) in [5.41, 5.74) is 4.64. The standard InChI is InChI=1S/C28H28N2O5/c1-28(2,16-15-25(31)29-19-13-11-18(12-14-19)26(32)33)30-27(34)35-17-24-22-9-5-3-7-20(22)21-8-4-6-10-23(21)24/h3-14,24H,15-17H2,1-2H3,(H,29,31)(H,30,34)(H,32,33). The van der Waals surface area contributed by atoms with Crippen LogP contribution in [0.1, 0.15) is 54.1 Å². The van der Waals surface area contributed by atoms with Gasteiger partial charge in [0.2, 0.25) is 5.91 Å². The number of amides is 2. The molecule has 1 aliphatic rings. The van der Waals surface area contributed by atoms with E-state index in [2.05, 4.69) is 34.9 Å². The number of ether oxygens (including phenoxy) is 1. The summed E-state index contributed by atoms with van der Waals surface area (Å²) < 4.78 is 5.61. The van der Waals surface area contributed by atoms with E-state index in [9.17, 15) is 14.4 Å². The van der Waals surface area contributed by atoms with Crippen LogP contribution in [0.3, 0.4) is 0 Å². The molecule has 0 bridgehead atoms. The van der Waals surface area contributed by atoms with E-state index in [-0.39, 0.29) is 30.4 Å². The highest BCUT2D eigenvalue weighted by Gasteiger charge is 2.30. The fraction of sp³-hybridized carbons (Fsp3) is 0.250.